The van der Waals surface area contributed by atoms with Crippen molar-refractivity contribution < 1.29 is 18.0 Å². The molecule has 12 heteroatoms. The molecular weight excluding hydrogens is 676 g/mol. The van der Waals surface area contributed by atoms with Crippen molar-refractivity contribution in [2.75, 3.05) is 10.8 Å². The zero-order valence-corrected chi connectivity index (χ0v) is 28.3. The third-order valence-corrected chi connectivity index (χ3v) is 9.88. The second-order valence-electron chi connectivity index (χ2n) is 10.6. The van der Waals surface area contributed by atoms with E-state index in [2.05, 4.69) is 5.32 Å². The Morgan fingerprint density at radius 1 is 0.756 bits per heavy atom. The van der Waals surface area contributed by atoms with Crippen LogP contribution in [-0.4, -0.2) is 43.8 Å². The van der Waals surface area contributed by atoms with Crippen LogP contribution >= 0.6 is 46.4 Å². The van der Waals surface area contributed by atoms with Gasteiger partial charge < -0.3 is 10.2 Å². The van der Waals surface area contributed by atoms with Gasteiger partial charge in [0.15, 0.2) is 0 Å². The Bertz CT molecular complexity index is 1760. The standard InChI is InChI=1S/C33H31Cl4N3O4S/c1-22(2)38-33(42)31(18-23-9-5-3-6-10-23)39(20-24-13-15-27(35)28(36)17-24)32(41)21-40(30-16-14-25(34)19-29(30)37)45(43,44)26-11-7-4-8-12-26/h3-17,19,22,31H,18,20-21H2,1-2H3,(H,38,42). The molecule has 4 aromatic rings. The van der Waals surface area contributed by atoms with E-state index in [1.165, 1.54) is 35.2 Å². The van der Waals surface area contributed by atoms with Gasteiger partial charge in [0.05, 0.1) is 25.7 Å². The normalized spacial score (nSPS) is 12.1. The number of rotatable bonds is 12. The Kier molecular flexibility index (Phi) is 11.8. The molecule has 1 N–H and O–H groups in total. The van der Waals surface area contributed by atoms with Crippen molar-refractivity contribution in [2.24, 2.45) is 0 Å². The van der Waals surface area contributed by atoms with Gasteiger partial charge in [-0.1, -0.05) is 101 Å². The molecule has 0 aromatic heterocycles. The number of halogens is 4. The molecule has 0 aliphatic carbocycles. The largest absolute Gasteiger partial charge is 0.352 e. The molecule has 4 rings (SSSR count). The molecule has 1 atom stereocenters. The molecule has 0 aliphatic rings. The summed E-state index contributed by atoms with van der Waals surface area (Å²) in [5.41, 5.74) is 1.46. The number of sulfonamides is 1. The highest BCUT2D eigenvalue weighted by Crippen LogP contribution is 2.33. The number of nitrogens with one attached hydrogen (secondary N) is 1. The number of nitrogens with zero attached hydrogens (tertiary/aromatic N) is 2. The predicted molar refractivity (Wildman–Crippen MR) is 182 cm³/mol. The summed E-state index contributed by atoms with van der Waals surface area (Å²) in [6.45, 7) is 2.91. The molecular formula is C33H31Cl4N3O4S. The van der Waals surface area contributed by atoms with Crippen LogP contribution < -0.4 is 9.62 Å². The number of carbonyl (C=O) groups excluding carboxylic acids is 2. The smallest absolute Gasteiger partial charge is 0.264 e. The number of carbonyl (C=O) groups is 2. The summed E-state index contributed by atoms with van der Waals surface area (Å²) in [6, 6.07) is 25.0. The molecule has 2 amide bonds. The number of amides is 2. The van der Waals surface area contributed by atoms with Gasteiger partial charge in [-0.25, -0.2) is 8.42 Å². The first-order valence-corrected chi connectivity index (χ1v) is 16.9. The summed E-state index contributed by atoms with van der Waals surface area (Å²) < 4.78 is 29.1. The van der Waals surface area contributed by atoms with Crippen molar-refractivity contribution in [1.82, 2.24) is 10.2 Å². The van der Waals surface area contributed by atoms with Crippen molar-refractivity contribution in [3.63, 3.8) is 0 Å². The van der Waals surface area contributed by atoms with Crippen LogP contribution in [0.4, 0.5) is 5.69 Å². The van der Waals surface area contributed by atoms with Crippen LogP contribution in [0, 0.1) is 0 Å². The van der Waals surface area contributed by atoms with E-state index in [0.717, 1.165) is 9.87 Å². The minimum absolute atomic E-state index is 0.0317. The van der Waals surface area contributed by atoms with Crippen LogP contribution in [0.2, 0.25) is 20.1 Å². The van der Waals surface area contributed by atoms with Crippen LogP contribution in [0.3, 0.4) is 0 Å². The van der Waals surface area contributed by atoms with E-state index in [-0.39, 0.29) is 39.6 Å². The van der Waals surface area contributed by atoms with Crippen LogP contribution in [0.15, 0.2) is 102 Å². The topological polar surface area (TPSA) is 86.8 Å². The van der Waals surface area contributed by atoms with Gasteiger partial charge >= 0.3 is 0 Å². The summed E-state index contributed by atoms with van der Waals surface area (Å²) >= 11 is 25.1. The SMILES string of the molecule is CC(C)NC(=O)C(Cc1ccccc1)N(Cc1ccc(Cl)c(Cl)c1)C(=O)CN(c1ccc(Cl)cc1Cl)S(=O)(=O)c1ccccc1. The summed E-state index contributed by atoms with van der Waals surface area (Å²) in [5.74, 6) is -1.05. The lowest BCUT2D eigenvalue weighted by Gasteiger charge is -2.34. The van der Waals surface area contributed by atoms with E-state index in [4.69, 9.17) is 46.4 Å². The fourth-order valence-electron chi connectivity index (χ4n) is 4.69. The van der Waals surface area contributed by atoms with Gasteiger partial charge in [0.25, 0.3) is 10.0 Å². The summed E-state index contributed by atoms with van der Waals surface area (Å²) in [4.78, 5) is 29.6. The van der Waals surface area contributed by atoms with Crippen LogP contribution in [-0.2, 0) is 32.6 Å². The second kappa shape index (κ2) is 15.3. The number of anilines is 1. The Morgan fingerprint density at radius 2 is 1.40 bits per heavy atom. The summed E-state index contributed by atoms with van der Waals surface area (Å²) in [7, 11) is -4.31. The molecule has 0 spiro atoms. The fourth-order valence-corrected chi connectivity index (χ4v) is 7.02. The van der Waals surface area contributed by atoms with Gasteiger partial charge in [-0.05, 0) is 67.4 Å². The summed E-state index contributed by atoms with van der Waals surface area (Å²) in [5, 5.41) is 3.84. The Hall–Kier alpha value is -3.27. The molecule has 1 unspecified atom stereocenters. The minimum atomic E-state index is -4.31. The van der Waals surface area contributed by atoms with Crippen molar-refractivity contribution in [3.8, 4) is 0 Å². The highest BCUT2D eigenvalue weighted by molar-refractivity contribution is 7.92. The first kappa shape index (κ1) is 34.6. The van der Waals surface area contributed by atoms with E-state index in [0.29, 0.717) is 15.6 Å². The Balaban J connectivity index is 1.84. The van der Waals surface area contributed by atoms with E-state index in [9.17, 15) is 18.0 Å². The zero-order chi connectivity index (χ0) is 32.7. The molecule has 0 aliphatic heterocycles. The maximum Gasteiger partial charge on any atom is 0.264 e. The predicted octanol–water partition coefficient (Wildman–Crippen LogP) is 7.66. The number of hydrogen-bond acceptors (Lipinski definition) is 4. The first-order valence-electron chi connectivity index (χ1n) is 14.0. The molecule has 0 heterocycles. The lowest BCUT2D eigenvalue weighted by Crippen LogP contribution is -2.54. The highest BCUT2D eigenvalue weighted by Gasteiger charge is 2.35. The molecule has 0 fully saturated rings. The van der Waals surface area contributed by atoms with Gasteiger partial charge in [0.2, 0.25) is 11.8 Å². The van der Waals surface area contributed by atoms with E-state index in [1.54, 1.807) is 36.4 Å². The average molecular weight is 708 g/mol. The molecule has 236 valence electrons. The molecule has 45 heavy (non-hydrogen) atoms. The van der Waals surface area contributed by atoms with Crippen molar-refractivity contribution in [3.05, 3.63) is 128 Å². The van der Waals surface area contributed by atoms with Crippen molar-refractivity contribution >= 4 is 73.9 Å². The number of hydrogen-bond donors (Lipinski definition) is 1. The molecule has 0 bridgehead atoms. The highest BCUT2D eigenvalue weighted by atomic mass is 35.5. The average Bonchev–Trinajstić information content (AvgIpc) is 3.00. The third-order valence-electron chi connectivity index (χ3n) is 6.83. The maximum atomic E-state index is 14.5. The van der Waals surface area contributed by atoms with Crippen molar-refractivity contribution in [1.29, 1.82) is 0 Å². The van der Waals surface area contributed by atoms with E-state index < -0.39 is 34.4 Å². The van der Waals surface area contributed by atoms with Gasteiger partial charge in [-0.15, -0.1) is 0 Å². The Morgan fingerprint density at radius 3 is 2.00 bits per heavy atom. The molecule has 0 saturated carbocycles. The van der Waals surface area contributed by atoms with Gasteiger partial charge in [-0.2, -0.15) is 0 Å². The monoisotopic (exact) mass is 705 g/mol. The fraction of sp³-hybridized carbons (Fsp3) is 0.212. The molecule has 0 radical (unpaired) electrons. The quantitative estimate of drug-likeness (QED) is 0.164. The first-order chi connectivity index (χ1) is 21.4. The molecule has 4 aromatic carbocycles. The summed E-state index contributed by atoms with van der Waals surface area (Å²) in [6.07, 6.45) is 0.166. The molecule has 7 nitrogen and oxygen atoms in total. The van der Waals surface area contributed by atoms with Gasteiger partial charge in [0, 0.05) is 24.0 Å². The zero-order valence-electron chi connectivity index (χ0n) is 24.5. The van der Waals surface area contributed by atoms with E-state index in [1.807, 2.05) is 44.2 Å². The maximum absolute atomic E-state index is 14.5. The second-order valence-corrected chi connectivity index (χ2v) is 14.1. The van der Waals surface area contributed by atoms with Gasteiger partial charge in [0.1, 0.15) is 12.6 Å². The van der Waals surface area contributed by atoms with Crippen LogP contribution in [0.1, 0.15) is 25.0 Å². The number of benzene rings is 4. The lowest BCUT2D eigenvalue weighted by atomic mass is 10.0. The Labute approximate surface area is 283 Å². The lowest BCUT2D eigenvalue weighted by molar-refractivity contribution is -0.140. The van der Waals surface area contributed by atoms with Crippen molar-refractivity contribution in [2.45, 2.75) is 43.8 Å². The van der Waals surface area contributed by atoms with Crippen LogP contribution in [0.25, 0.3) is 0 Å². The van der Waals surface area contributed by atoms with Crippen LogP contribution in [0.5, 0.6) is 0 Å². The third kappa shape index (κ3) is 8.93. The minimum Gasteiger partial charge on any atom is -0.352 e. The van der Waals surface area contributed by atoms with Gasteiger partial charge in [-0.3, -0.25) is 13.9 Å². The molecule has 0 saturated heterocycles. The van der Waals surface area contributed by atoms with E-state index >= 15 is 0 Å².